The first-order valence-corrected chi connectivity index (χ1v) is 5.47. The van der Waals surface area contributed by atoms with Crippen molar-refractivity contribution in [3.63, 3.8) is 0 Å². The van der Waals surface area contributed by atoms with Gasteiger partial charge >= 0.3 is 0 Å². The summed E-state index contributed by atoms with van der Waals surface area (Å²) in [7, 11) is 0. The second-order valence-corrected chi connectivity index (χ2v) is 5.22. The highest BCUT2D eigenvalue weighted by Crippen LogP contribution is 2.33. The Morgan fingerprint density at radius 1 is 1.33 bits per heavy atom. The van der Waals surface area contributed by atoms with Gasteiger partial charge in [-0.25, -0.2) is 4.39 Å². The lowest BCUT2D eigenvalue weighted by molar-refractivity contribution is 0.308. The summed E-state index contributed by atoms with van der Waals surface area (Å²) >= 11 is 0. The van der Waals surface area contributed by atoms with Gasteiger partial charge in [-0.3, -0.25) is 0 Å². The Labute approximate surface area is 90.7 Å². The summed E-state index contributed by atoms with van der Waals surface area (Å²) in [6.07, 6.45) is -0.851. The van der Waals surface area contributed by atoms with Crippen molar-refractivity contribution >= 4 is 0 Å². The van der Waals surface area contributed by atoms with Gasteiger partial charge in [0.1, 0.15) is 6.17 Å². The summed E-state index contributed by atoms with van der Waals surface area (Å²) in [5, 5.41) is 3.13. The van der Waals surface area contributed by atoms with E-state index >= 15 is 0 Å². The predicted octanol–water partition coefficient (Wildman–Crippen LogP) is 3.10. The Kier molecular flexibility index (Phi) is 2.55. The molecule has 0 fully saturated rings. The number of hydrogen-bond donors (Lipinski definition) is 1. The molecule has 2 heteroatoms. The first-order valence-electron chi connectivity index (χ1n) is 5.47. The van der Waals surface area contributed by atoms with Gasteiger partial charge < -0.3 is 5.32 Å². The van der Waals surface area contributed by atoms with E-state index in [-0.39, 0.29) is 5.41 Å². The number of rotatable bonds is 0. The van der Waals surface area contributed by atoms with Gasteiger partial charge in [0.2, 0.25) is 0 Å². The minimum absolute atomic E-state index is 0.0874. The second-order valence-electron chi connectivity index (χ2n) is 5.22. The zero-order chi connectivity index (χ0) is 11.1. The van der Waals surface area contributed by atoms with E-state index in [1.54, 1.807) is 0 Å². The molecule has 0 saturated heterocycles. The molecule has 0 saturated carbocycles. The molecule has 1 aliphatic heterocycles. The molecule has 0 unspecified atom stereocenters. The lowest BCUT2D eigenvalue weighted by Gasteiger charge is -2.29. The molecule has 1 nitrogen and oxygen atoms in total. The summed E-state index contributed by atoms with van der Waals surface area (Å²) in [6, 6.07) is 5.99. The molecule has 0 aliphatic carbocycles. The van der Waals surface area contributed by atoms with Crippen LogP contribution in [0, 0.1) is 0 Å². The highest BCUT2D eigenvalue weighted by atomic mass is 19.1. The van der Waals surface area contributed by atoms with Crippen LogP contribution in [0.2, 0.25) is 0 Å². The summed E-state index contributed by atoms with van der Waals surface area (Å²) in [6.45, 7) is 7.75. The van der Waals surface area contributed by atoms with Crippen LogP contribution in [0.4, 0.5) is 4.39 Å². The molecule has 1 atom stereocenters. The van der Waals surface area contributed by atoms with E-state index in [0.717, 1.165) is 17.7 Å². The van der Waals surface area contributed by atoms with Crippen LogP contribution >= 0.6 is 0 Å². The third kappa shape index (κ3) is 1.91. The SMILES string of the molecule is CC(C)(C)c1cccc2c1CNC[C@H]2F. The molecule has 0 spiro atoms. The van der Waals surface area contributed by atoms with Crippen molar-refractivity contribution in [1.29, 1.82) is 0 Å². The average molecular weight is 207 g/mol. The number of alkyl halides is 1. The van der Waals surface area contributed by atoms with Crippen LogP contribution in [0.5, 0.6) is 0 Å². The van der Waals surface area contributed by atoms with Crippen molar-refractivity contribution in [2.45, 2.75) is 38.9 Å². The lowest BCUT2D eigenvalue weighted by Crippen LogP contribution is -2.29. The maximum Gasteiger partial charge on any atom is 0.138 e. The normalized spacial score (nSPS) is 21.2. The van der Waals surface area contributed by atoms with Gasteiger partial charge in [0, 0.05) is 13.1 Å². The van der Waals surface area contributed by atoms with Crippen molar-refractivity contribution in [3.8, 4) is 0 Å². The van der Waals surface area contributed by atoms with Gasteiger partial charge in [-0.05, 0) is 22.1 Å². The number of halogens is 1. The van der Waals surface area contributed by atoms with Gasteiger partial charge in [-0.15, -0.1) is 0 Å². The van der Waals surface area contributed by atoms with Gasteiger partial charge in [0.15, 0.2) is 0 Å². The van der Waals surface area contributed by atoms with Crippen LogP contribution in [0.1, 0.15) is 43.6 Å². The van der Waals surface area contributed by atoms with E-state index in [9.17, 15) is 4.39 Å². The van der Waals surface area contributed by atoms with Crippen LogP contribution in [0.25, 0.3) is 0 Å². The maximum absolute atomic E-state index is 13.7. The topological polar surface area (TPSA) is 12.0 Å². The van der Waals surface area contributed by atoms with Crippen LogP contribution < -0.4 is 5.32 Å². The molecular weight excluding hydrogens is 189 g/mol. The molecule has 0 radical (unpaired) electrons. The molecular formula is C13H18FN. The van der Waals surface area contributed by atoms with E-state index in [1.807, 2.05) is 12.1 Å². The maximum atomic E-state index is 13.7. The molecule has 2 rings (SSSR count). The molecule has 1 N–H and O–H groups in total. The molecule has 1 heterocycles. The lowest BCUT2D eigenvalue weighted by atomic mass is 9.80. The van der Waals surface area contributed by atoms with E-state index in [2.05, 4.69) is 32.2 Å². The molecule has 1 aromatic carbocycles. The van der Waals surface area contributed by atoms with E-state index < -0.39 is 6.17 Å². The van der Waals surface area contributed by atoms with Crippen molar-refractivity contribution in [3.05, 3.63) is 34.9 Å². The van der Waals surface area contributed by atoms with E-state index in [1.165, 1.54) is 5.56 Å². The van der Waals surface area contributed by atoms with Crippen LogP contribution in [0.3, 0.4) is 0 Å². The molecule has 1 aliphatic rings. The Bertz CT molecular complexity index is 365. The van der Waals surface area contributed by atoms with Crippen LogP contribution in [-0.2, 0) is 12.0 Å². The standard InChI is InChI=1S/C13H18FN/c1-13(2,3)11-6-4-5-9-10(11)7-15-8-12(9)14/h4-6,12,15H,7-8H2,1-3H3/t12-/m1/s1. The molecule has 15 heavy (non-hydrogen) atoms. The molecule has 82 valence electrons. The fourth-order valence-corrected chi connectivity index (χ4v) is 2.23. The third-order valence-corrected chi connectivity index (χ3v) is 2.98. The van der Waals surface area contributed by atoms with E-state index in [0.29, 0.717) is 6.54 Å². The average Bonchev–Trinajstić information content (AvgIpc) is 2.16. The molecule has 1 aromatic rings. The molecule has 0 aromatic heterocycles. The third-order valence-electron chi connectivity index (χ3n) is 2.98. The van der Waals surface area contributed by atoms with Crippen molar-refractivity contribution < 1.29 is 4.39 Å². The van der Waals surface area contributed by atoms with Gasteiger partial charge in [-0.1, -0.05) is 39.0 Å². The summed E-state index contributed by atoms with van der Waals surface area (Å²) in [5.41, 5.74) is 3.38. The highest BCUT2D eigenvalue weighted by molar-refractivity contribution is 5.41. The number of fused-ring (bicyclic) bond motifs is 1. The molecule has 0 amide bonds. The van der Waals surface area contributed by atoms with Crippen molar-refractivity contribution in [1.82, 2.24) is 5.32 Å². The Morgan fingerprint density at radius 2 is 2.07 bits per heavy atom. The van der Waals surface area contributed by atoms with Gasteiger partial charge in [-0.2, -0.15) is 0 Å². The van der Waals surface area contributed by atoms with Gasteiger partial charge in [0.25, 0.3) is 0 Å². The van der Waals surface area contributed by atoms with Crippen LogP contribution in [0.15, 0.2) is 18.2 Å². The smallest absolute Gasteiger partial charge is 0.138 e. The fraction of sp³-hybridized carbons (Fsp3) is 0.538. The van der Waals surface area contributed by atoms with Crippen LogP contribution in [-0.4, -0.2) is 6.54 Å². The summed E-state index contributed by atoms with van der Waals surface area (Å²) < 4.78 is 13.7. The Balaban J connectivity index is 2.54. The quantitative estimate of drug-likeness (QED) is 0.689. The number of benzene rings is 1. The number of hydrogen-bond acceptors (Lipinski definition) is 1. The fourth-order valence-electron chi connectivity index (χ4n) is 2.23. The first-order chi connectivity index (χ1) is 7.00. The second kappa shape index (κ2) is 3.60. The first kappa shape index (κ1) is 10.6. The summed E-state index contributed by atoms with van der Waals surface area (Å²) in [4.78, 5) is 0. The van der Waals surface area contributed by atoms with E-state index in [4.69, 9.17) is 0 Å². The largest absolute Gasteiger partial charge is 0.309 e. The minimum atomic E-state index is -0.851. The minimum Gasteiger partial charge on any atom is -0.309 e. The summed E-state index contributed by atoms with van der Waals surface area (Å²) in [5.74, 6) is 0. The monoisotopic (exact) mass is 207 g/mol. The van der Waals surface area contributed by atoms with Crippen molar-refractivity contribution in [2.75, 3.05) is 6.54 Å². The highest BCUT2D eigenvalue weighted by Gasteiger charge is 2.25. The molecule has 0 bridgehead atoms. The Hall–Kier alpha value is -0.890. The zero-order valence-corrected chi connectivity index (χ0v) is 9.60. The Morgan fingerprint density at radius 3 is 2.73 bits per heavy atom. The zero-order valence-electron chi connectivity index (χ0n) is 9.60. The predicted molar refractivity (Wildman–Crippen MR) is 60.7 cm³/mol. The van der Waals surface area contributed by atoms with Gasteiger partial charge in [0.05, 0.1) is 0 Å². The number of nitrogens with one attached hydrogen (secondary N) is 1. The van der Waals surface area contributed by atoms with Crippen molar-refractivity contribution in [2.24, 2.45) is 0 Å².